The summed E-state index contributed by atoms with van der Waals surface area (Å²) in [6.45, 7) is 1.38. The third-order valence-corrected chi connectivity index (χ3v) is 4.24. The molecule has 5 heteroatoms. The van der Waals surface area contributed by atoms with Crippen LogP contribution in [0.3, 0.4) is 0 Å². The van der Waals surface area contributed by atoms with E-state index in [1.807, 2.05) is 11.0 Å². The molecule has 18 heavy (non-hydrogen) atoms. The molecule has 1 aromatic carbocycles. The molecule has 2 rings (SSSR count). The van der Waals surface area contributed by atoms with Gasteiger partial charge in [-0.25, -0.2) is 4.39 Å². The molecule has 1 aromatic rings. The van der Waals surface area contributed by atoms with Crippen LogP contribution in [0.15, 0.2) is 22.7 Å². The SMILES string of the molecule is NC(=O)C1CCCCN1Cc1cccc(F)c1Br. The van der Waals surface area contributed by atoms with Gasteiger partial charge in [-0.15, -0.1) is 0 Å². The van der Waals surface area contributed by atoms with Gasteiger partial charge in [-0.1, -0.05) is 18.6 Å². The number of nitrogens with two attached hydrogens (primary N) is 1. The number of nitrogens with zero attached hydrogens (tertiary/aromatic N) is 1. The molecule has 1 heterocycles. The molecule has 1 aliphatic rings. The van der Waals surface area contributed by atoms with Gasteiger partial charge in [-0.05, 0) is 46.9 Å². The monoisotopic (exact) mass is 314 g/mol. The van der Waals surface area contributed by atoms with Gasteiger partial charge in [0.05, 0.1) is 10.5 Å². The number of carbonyl (C=O) groups excluding carboxylic acids is 1. The van der Waals surface area contributed by atoms with Crippen molar-refractivity contribution in [2.24, 2.45) is 5.73 Å². The summed E-state index contributed by atoms with van der Waals surface area (Å²) in [5.74, 6) is -0.567. The summed E-state index contributed by atoms with van der Waals surface area (Å²) in [6.07, 6.45) is 2.87. The molecule has 0 spiro atoms. The molecule has 1 saturated heterocycles. The van der Waals surface area contributed by atoms with Gasteiger partial charge >= 0.3 is 0 Å². The number of piperidine rings is 1. The number of carbonyl (C=O) groups is 1. The van der Waals surface area contributed by atoms with E-state index in [0.29, 0.717) is 11.0 Å². The van der Waals surface area contributed by atoms with Crippen molar-refractivity contribution in [3.05, 3.63) is 34.1 Å². The Bertz CT molecular complexity index is 453. The van der Waals surface area contributed by atoms with E-state index in [1.54, 1.807) is 6.07 Å². The number of primary amides is 1. The van der Waals surface area contributed by atoms with Gasteiger partial charge in [0.2, 0.25) is 5.91 Å². The quantitative estimate of drug-likeness (QED) is 0.931. The van der Waals surface area contributed by atoms with Crippen molar-refractivity contribution < 1.29 is 9.18 Å². The zero-order chi connectivity index (χ0) is 13.1. The summed E-state index contributed by atoms with van der Waals surface area (Å²) < 4.78 is 13.9. The van der Waals surface area contributed by atoms with E-state index in [9.17, 15) is 9.18 Å². The summed E-state index contributed by atoms with van der Waals surface area (Å²) in [5, 5.41) is 0. The third kappa shape index (κ3) is 2.90. The number of benzene rings is 1. The zero-order valence-corrected chi connectivity index (χ0v) is 11.6. The van der Waals surface area contributed by atoms with Crippen LogP contribution < -0.4 is 5.73 Å². The van der Waals surface area contributed by atoms with Gasteiger partial charge in [0.1, 0.15) is 5.82 Å². The molecular weight excluding hydrogens is 299 g/mol. The third-order valence-electron chi connectivity index (χ3n) is 3.35. The highest BCUT2D eigenvalue weighted by Crippen LogP contribution is 2.25. The van der Waals surface area contributed by atoms with E-state index in [2.05, 4.69) is 15.9 Å². The number of hydrogen-bond acceptors (Lipinski definition) is 2. The van der Waals surface area contributed by atoms with Crippen molar-refractivity contribution in [1.82, 2.24) is 4.90 Å². The van der Waals surface area contributed by atoms with E-state index in [0.717, 1.165) is 31.4 Å². The van der Waals surface area contributed by atoms with Gasteiger partial charge in [-0.3, -0.25) is 9.69 Å². The van der Waals surface area contributed by atoms with Crippen LogP contribution in [0.1, 0.15) is 24.8 Å². The predicted molar refractivity (Wildman–Crippen MR) is 71.3 cm³/mol. The lowest BCUT2D eigenvalue weighted by Gasteiger charge is -2.33. The van der Waals surface area contributed by atoms with E-state index in [-0.39, 0.29) is 17.8 Å². The Morgan fingerprint density at radius 1 is 1.50 bits per heavy atom. The van der Waals surface area contributed by atoms with Crippen molar-refractivity contribution in [2.75, 3.05) is 6.54 Å². The van der Waals surface area contributed by atoms with Gasteiger partial charge in [0.15, 0.2) is 0 Å². The van der Waals surface area contributed by atoms with Gasteiger partial charge < -0.3 is 5.73 Å². The largest absolute Gasteiger partial charge is 0.368 e. The van der Waals surface area contributed by atoms with Crippen molar-refractivity contribution in [3.63, 3.8) is 0 Å². The van der Waals surface area contributed by atoms with Crippen LogP contribution in [0.5, 0.6) is 0 Å². The molecule has 1 unspecified atom stereocenters. The molecule has 0 saturated carbocycles. The molecule has 0 radical (unpaired) electrons. The fraction of sp³-hybridized carbons (Fsp3) is 0.462. The standard InChI is InChI=1S/C13H16BrFN2O/c14-12-9(4-3-5-10(12)15)8-17-7-2-1-6-11(17)13(16)18/h3-5,11H,1-2,6-8H2,(H2,16,18). The Morgan fingerprint density at radius 2 is 2.28 bits per heavy atom. The summed E-state index contributed by atoms with van der Waals surface area (Å²) in [7, 11) is 0. The Labute approximate surface area is 114 Å². The number of amides is 1. The summed E-state index contributed by atoms with van der Waals surface area (Å²) in [4.78, 5) is 13.4. The lowest BCUT2D eigenvalue weighted by Crippen LogP contribution is -2.47. The minimum atomic E-state index is -0.290. The molecule has 98 valence electrons. The maximum atomic E-state index is 13.4. The molecule has 2 N–H and O–H groups in total. The first-order chi connectivity index (χ1) is 8.59. The highest BCUT2D eigenvalue weighted by molar-refractivity contribution is 9.10. The predicted octanol–water partition coefficient (Wildman–Crippen LogP) is 2.43. The average Bonchev–Trinajstić information content (AvgIpc) is 2.35. The van der Waals surface area contributed by atoms with Crippen LogP contribution >= 0.6 is 15.9 Å². The second-order valence-electron chi connectivity index (χ2n) is 4.60. The Kier molecular flexibility index (Phi) is 4.35. The van der Waals surface area contributed by atoms with E-state index in [1.165, 1.54) is 6.07 Å². The van der Waals surface area contributed by atoms with Gasteiger partial charge in [0.25, 0.3) is 0 Å². The smallest absolute Gasteiger partial charge is 0.234 e. The normalized spacial score (nSPS) is 20.9. The number of rotatable bonds is 3. The van der Waals surface area contributed by atoms with E-state index >= 15 is 0 Å². The Morgan fingerprint density at radius 3 is 3.00 bits per heavy atom. The molecular formula is C13H16BrFN2O. The van der Waals surface area contributed by atoms with Crippen LogP contribution in [0.2, 0.25) is 0 Å². The molecule has 0 aromatic heterocycles. The first-order valence-electron chi connectivity index (χ1n) is 6.06. The molecule has 0 bridgehead atoms. The Balaban J connectivity index is 2.16. The zero-order valence-electron chi connectivity index (χ0n) is 10.0. The fourth-order valence-corrected chi connectivity index (χ4v) is 2.78. The van der Waals surface area contributed by atoms with Crippen molar-refractivity contribution in [3.8, 4) is 0 Å². The topological polar surface area (TPSA) is 46.3 Å². The number of hydrogen-bond donors (Lipinski definition) is 1. The van der Waals surface area contributed by atoms with Crippen molar-refractivity contribution in [2.45, 2.75) is 31.8 Å². The van der Waals surface area contributed by atoms with Gasteiger partial charge in [0, 0.05) is 6.54 Å². The minimum absolute atomic E-state index is 0.228. The maximum absolute atomic E-state index is 13.4. The summed E-state index contributed by atoms with van der Waals surface area (Å²) in [6, 6.07) is 4.72. The lowest BCUT2D eigenvalue weighted by molar-refractivity contribution is -0.124. The number of likely N-dealkylation sites (tertiary alicyclic amines) is 1. The first-order valence-corrected chi connectivity index (χ1v) is 6.85. The molecule has 1 atom stereocenters. The molecule has 3 nitrogen and oxygen atoms in total. The molecule has 0 aliphatic carbocycles. The first kappa shape index (κ1) is 13.5. The molecule has 1 aliphatic heterocycles. The minimum Gasteiger partial charge on any atom is -0.368 e. The Hall–Kier alpha value is -0.940. The van der Waals surface area contributed by atoms with Crippen molar-refractivity contribution in [1.29, 1.82) is 0 Å². The van der Waals surface area contributed by atoms with E-state index in [4.69, 9.17) is 5.73 Å². The van der Waals surface area contributed by atoms with Crippen LogP contribution in [0.25, 0.3) is 0 Å². The second-order valence-corrected chi connectivity index (χ2v) is 5.39. The lowest BCUT2D eigenvalue weighted by atomic mass is 10.0. The van der Waals surface area contributed by atoms with E-state index < -0.39 is 0 Å². The van der Waals surface area contributed by atoms with Crippen LogP contribution in [0.4, 0.5) is 4.39 Å². The van der Waals surface area contributed by atoms with Crippen molar-refractivity contribution >= 4 is 21.8 Å². The number of halogens is 2. The molecule has 1 fully saturated rings. The second kappa shape index (κ2) is 5.80. The van der Waals surface area contributed by atoms with Gasteiger partial charge in [-0.2, -0.15) is 0 Å². The highest BCUT2D eigenvalue weighted by atomic mass is 79.9. The fourth-order valence-electron chi connectivity index (χ4n) is 2.39. The van der Waals surface area contributed by atoms with Crippen LogP contribution in [-0.4, -0.2) is 23.4 Å². The molecule has 1 amide bonds. The highest BCUT2D eigenvalue weighted by Gasteiger charge is 2.27. The summed E-state index contributed by atoms with van der Waals surface area (Å²) in [5.41, 5.74) is 6.26. The summed E-state index contributed by atoms with van der Waals surface area (Å²) >= 11 is 3.25. The maximum Gasteiger partial charge on any atom is 0.234 e. The van der Waals surface area contributed by atoms with Crippen LogP contribution in [-0.2, 0) is 11.3 Å². The van der Waals surface area contributed by atoms with Crippen LogP contribution in [0, 0.1) is 5.82 Å². The average molecular weight is 315 g/mol.